The molecule has 144 valence electrons. The molecule has 0 saturated heterocycles. The lowest BCUT2D eigenvalue weighted by atomic mass is 10.1. The summed E-state index contributed by atoms with van der Waals surface area (Å²) >= 11 is 0. The van der Waals surface area contributed by atoms with Gasteiger partial charge in [0.2, 0.25) is 0 Å². The maximum Gasteiger partial charge on any atom is 0.0405 e. The van der Waals surface area contributed by atoms with E-state index >= 15 is 0 Å². The van der Waals surface area contributed by atoms with Gasteiger partial charge in [0.05, 0.1) is 0 Å². The van der Waals surface area contributed by atoms with Crippen molar-refractivity contribution in [3.63, 3.8) is 0 Å². The molecule has 0 nitrogen and oxygen atoms in total. The molecule has 0 fully saturated rings. The molecule has 0 atom stereocenters. The van der Waals surface area contributed by atoms with Crippen LogP contribution in [-0.4, -0.2) is 8.80 Å². The third kappa shape index (κ3) is 18.3. The topological polar surface area (TPSA) is 0 Å². The zero-order chi connectivity index (χ0) is 17.7. The van der Waals surface area contributed by atoms with Crippen LogP contribution in [0.25, 0.3) is 0 Å². The number of hydrogen-bond acceptors (Lipinski definition) is 0. The Morgan fingerprint density at radius 1 is 0.542 bits per heavy atom. The summed E-state index contributed by atoms with van der Waals surface area (Å²) in [6.07, 6.45) is 25.6. The molecule has 0 aliphatic carbocycles. The molecular formula is C23H48Si. The molecule has 0 heterocycles. The van der Waals surface area contributed by atoms with Crippen LogP contribution in [0.5, 0.6) is 0 Å². The predicted octanol–water partition coefficient (Wildman–Crippen LogP) is 8.68. The molecule has 0 aromatic heterocycles. The van der Waals surface area contributed by atoms with E-state index in [2.05, 4.69) is 26.5 Å². The van der Waals surface area contributed by atoms with Crippen molar-refractivity contribution in [3.8, 4) is 0 Å². The van der Waals surface area contributed by atoms with E-state index in [1.54, 1.807) is 12.1 Å². The van der Waals surface area contributed by atoms with Crippen LogP contribution in [0, 0.1) is 0 Å². The van der Waals surface area contributed by atoms with Gasteiger partial charge >= 0.3 is 0 Å². The summed E-state index contributed by atoms with van der Waals surface area (Å²) in [5.74, 6) is 0. The highest BCUT2D eigenvalue weighted by atomic mass is 28.3. The van der Waals surface area contributed by atoms with Crippen molar-refractivity contribution in [2.75, 3.05) is 0 Å². The Balaban J connectivity index is 3.45. The summed E-state index contributed by atoms with van der Waals surface area (Å²) in [6.45, 7) is 8.61. The van der Waals surface area contributed by atoms with Crippen molar-refractivity contribution in [1.29, 1.82) is 0 Å². The maximum absolute atomic E-state index is 4.01. The molecule has 0 amide bonds. The van der Waals surface area contributed by atoms with Crippen LogP contribution < -0.4 is 0 Å². The fraction of sp³-hybridized carbons (Fsp3) is 0.913. The number of rotatable bonds is 20. The van der Waals surface area contributed by atoms with Crippen LogP contribution >= 0.6 is 0 Å². The van der Waals surface area contributed by atoms with Crippen LogP contribution in [-0.2, 0) is 0 Å². The molecule has 0 spiro atoms. The van der Waals surface area contributed by atoms with Gasteiger partial charge in [-0.3, -0.25) is 0 Å². The number of allylic oxidation sites excluding steroid dienone is 1. The first kappa shape index (κ1) is 24.0. The van der Waals surface area contributed by atoms with Gasteiger partial charge in [-0.15, -0.1) is 6.58 Å². The van der Waals surface area contributed by atoms with Crippen LogP contribution in [0.4, 0.5) is 0 Å². The minimum atomic E-state index is -0.492. The third-order valence-electron chi connectivity index (χ3n) is 5.43. The molecule has 0 unspecified atom stereocenters. The fourth-order valence-corrected chi connectivity index (χ4v) is 6.71. The number of hydrogen-bond donors (Lipinski definition) is 0. The zero-order valence-electron chi connectivity index (χ0n) is 17.3. The van der Waals surface area contributed by atoms with Gasteiger partial charge in [0.1, 0.15) is 0 Å². The van der Waals surface area contributed by atoms with Crippen LogP contribution in [0.2, 0.25) is 18.1 Å². The summed E-state index contributed by atoms with van der Waals surface area (Å²) in [5, 5.41) is 0. The van der Waals surface area contributed by atoms with Gasteiger partial charge in [-0.25, -0.2) is 0 Å². The maximum atomic E-state index is 4.01. The average molecular weight is 353 g/mol. The van der Waals surface area contributed by atoms with E-state index in [0.29, 0.717) is 0 Å². The molecule has 0 saturated carbocycles. The highest BCUT2D eigenvalue weighted by Gasteiger charge is 2.08. The van der Waals surface area contributed by atoms with Gasteiger partial charge in [0.25, 0.3) is 0 Å². The first-order chi connectivity index (χ1) is 11.8. The van der Waals surface area contributed by atoms with Crippen molar-refractivity contribution in [1.82, 2.24) is 0 Å². The summed E-state index contributed by atoms with van der Waals surface area (Å²) < 4.78 is 0. The summed E-state index contributed by atoms with van der Waals surface area (Å²) in [7, 11) is -0.492. The second-order valence-corrected chi connectivity index (χ2v) is 11.3. The lowest BCUT2D eigenvalue weighted by Crippen LogP contribution is -2.10. The fourth-order valence-electron chi connectivity index (χ4n) is 3.75. The van der Waals surface area contributed by atoms with E-state index in [4.69, 9.17) is 0 Å². The molecule has 0 N–H and O–H groups in total. The second kappa shape index (κ2) is 21.0. The normalized spacial score (nSPS) is 11.3. The van der Waals surface area contributed by atoms with E-state index < -0.39 is 8.80 Å². The Hall–Kier alpha value is -0.0431. The largest absolute Gasteiger partial charge is 0.103 e. The van der Waals surface area contributed by atoms with Gasteiger partial charge in [-0.1, -0.05) is 135 Å². The molecule has 24 heavy (non-hydrogen) atoms. The van der Waals surface area contributed by atoms with Gasteiger partial charge in [-0.05, 0) is 6.04 Å². The molecule has 0 rings (SSSR count). The van der Waals surface area contributed by atoms with Gasteiger partial charge < -0.3 is 0 Å². The molecule has 0 aliphatic rings. The molecule has 0 bridgehead atoms. The Labute approximate surface area is 156 Å². The van der Waals surface area contributed by atoms with Crippen molar-refractivity contribution < 1.29 is 0 Å². The lowest BCUT2D eigenvalue weighted by Gasteiger charge is -2.13. The minimum absolute atomic E-state index is 0.492. The van der Waals surface area contributed by atoms with Crippen LogP contribution in [0.3, 0.4) is 0 Å². The van der Waals surface area contributed by atoms with Gasteiger partial charge in [0.15, 0.2) is 0 Å². The zero-order valence-corrected chi connectivity index (χ0v) is 18.5. The smallest absolute Gasteiger partial charge is 0.0405 e. The predicted molar refractivity (Wildman–Crippen MR) is 117 cm³/mol. The average Bonchev–Trinajstić information content (AvgIpc) is 2.59. The highest BCUT2D eigenvalue weighted by molar-refractivity contribution is 6.59. The SMILES string of the molecule is C=CC[SiH](CCCCCCCCCC)CCCCCCCCCC. The molecular weight excluding hydrogens is 304 g/mol. The van der Waals surface area contributed by atoms with Crippen LogP contribution in [0.1, 0.15) is 117 Å². The van der Waals surface area contributed by atoms with Crippen molar-refractivity contribution in [2.24, 2.45) is 0 Å². The summed E-state index contributed by atoms with van der Waals surface area (Å²) in [5.41, 5.74) is 0. The van der Waals surface area contributed by atoms with Crippen molar-refractivity contribution in [3.05, 3.63) is 12.7 Å². The summed E-state index contributed by atoms with van der Waals surface area (Å²) in [6, 6.07) is 4.54. The Kier molecular flexibility index (Phi) is 21.0. The molecule has 0 aromatic carbocycles. The standard InChI is InChI=1S/C23H48Si/c1-4-7-9-11-13-15-17-19-22-24(21-6-3)23-20-18-16-14-12-10-8-5-2/h6,24H,3-5,7-23H2,1-2H3. The number of unbranched alkanes of at least 4 members (excludes halogenated alkanes) is 14. The van der Waals surface area contributed by atoms with E-state index in [1.165, 1.54) is 109 Å². The lowest BCUT2D eigenvalue weighted by molar-refractivity contribution is 0.581. The van der Waals surface area contributed by atoms with Gasteiger partial charge in [0, 0.05) is 8.80 Å². The monoisotopic (exact) mass is 352 g/mol. The quantitative estimate of drug-likeness (QED) is 0.117. The van der Waals surface area contributed by atoms with E-state index in [-0.39, 0.29) is 0 Å². The third-order valence-corrected chi connectivity index (χ3v) is 8.88. The van der Waals surface area contributed by atoms with Crippen molar-refractivity contribution >= 4 is 8.80 Å². The van der Waals surface area contributed by atoms with Crippen LogP contribution in [0.15, 0.2) is 12.7 Å². The van der Waals surface area contributed by atoms with Crippen molar-refractivity contribution in [2.45, 2.75) is 135 Å². The Morgan fingerprint density at radius 3 is 1.21 bits per heavy atom. The first-order valence-corrected chi connectivity index (χ1v) is 13.9. The molecule has 0 aliphatic heterocycles. The summed E-state index contributed by atoms with van der Waals surface area (Å²) in [4.78, 5) is 0. The minimum Gasteiger partial charge on any atom is -0.103 e. The van der Waals surface area contributed by atoms with E-state index in [9.17, 15) is 0 Å². The Morgan fingerprint density at radius 2 is 0.875 bits per heavy atom. The highest BCUT2D eigenvalue weighted by Crippen LogP contribution is 2.18. The molecule has 1 heteroatoms. The first-order valence-electron chi connectivity index (χ1n) is 11.5. The second-order valence-electron chi connectivity index (χ2n) is 7.92. The van der Waals surface area contributed by atoms with Gasteiger partial charge in [-0.2, -0.15) is 0 Å². The van der Waals surface area contributed by atoms with E-state index in [1.807, 2.05) is 0 Å². The molecule has 0 aromatic rings. The van der Waals surface area contributed by atoms with E-state index in [0.717, 1.165) is 0 Å². The molecule has 0 radical (unpaired) electrons. The Bertz CT molecular complexity index is 216.